The summed E-state index contributed by atoms with van der Waals surface area (Å²) in [5, 5.41) is 0. The second-order valence-corrected chi connectivity index (χ2v) is 6.28. The normalized spacial score (nSPS) is 34.8. The molecule has 4 nitrogen and oxygen atoms in total. The predicted octanol–water partition coefficient (Wildman–Crippen LogP) is 1.97. The van der Waals surface area contributed by atoms with Crippen LogP contribution >= 0.6 is 0 Å². The molecular weight excluding hydrogens is 242 g/mol. The van der Waals surface area contributed by atoms with Crippen molar-refractivity contribution in [1.82, 2.24) is 4.90 Å². The highest BCUT2D eigenvalue weighted by molar-refractivity contribution is 5.72. The first-order valence-electron chi connectivity index (χ1n) is 7.71. The van der Waals surface area contributed by atoms with Crippen LogP contribution in [0.4, 0.5) is 0 Å². The fourth-order valence-corrected chi connectivity index (χ4v) is 4.35. The average molecular weight is 267 g/mol. The zero-order chi connectivity index (χ0) is 13.3. The van der Waals surface area contributed by atoms with E-state index in [0.717, 1.165) is 39.0 Å². The zero-order valence-electron chi connectivity index (χ0n) is 11.9. The van der Waals surface area contributed by atoms with Crippen LogP contribution in [0.2, 0.25) is 0 Å². The minimum Gasteiger partial charge on any atom is -0.469 e. The van der Waals surface area contributed by atoms with E-state index in [-0.39, 0.29) is 17.5 Å². The van der Waals surface area contributed by atoms with Crippen LogP contribution in [0.3, 0.4) is 0 Å². The highest BCUT2D eigenvalue weighted by Gasteiger charge is 2.49. The number of piperidine rings is 1. The number of esters is 1. The fourth-order valence-electron chi connectivity index (χ4n) is 4.35. The minimum absolute atomic E-state index is 0.0379. The van der Waals surface area contributed by atoms with Gasteiger partial charge in [0.05, 0.1) is 18.6 Å². The molecule has 3 fully saturated rings. The van der Waals surface area contributed by atoms with Gasteiger partial charge in [-0.05, 0) is 38.6 Å². The van der Waals surface area contributed by atoms with Gasteiger partial charge in [-0.25, -0.2) is 0 Å². The first-order chi connectivity index (χ1) is 9.25. The highest BCUT2D eigenvalue weighted by Crippen LogP contribution is 2.44. The molecule has 0 N–H and O–H groups in total. The Bertz CT molecular complexity index is 333. The summed E-state index contributed by atoms with van der Waals surface area (Å²) in [7, 11) is 1.50. The number of carbonyl (C=O) groups is 1. The number of rotatable bonds is 2. The van der Waals surface area contributed by atoms with E-state index in [0.29, 0.717) is 6.04 Å². The molecule has 3 rings (SSSR count). The second-order valence-electron chi connectivity index (χ2n) is 6.28. The standard InChI is InChI=1S/C15H25NO3/c1-18-14(17)12-5-4-9-16(11-12)13-6-10-19-15(13)7-2-3-8-15/h12-13H,2-11H2,1H3. The van der Waals surface area contributed by atoms with Gasteiger partial charge in [0.2, 0.25) is 0 Å². The molecule has 3 aliphatic rings. The summed E-state index contributed by atoms with van der Waals surface area (Å²) in [5.41, 5.74) is 0.109. The number of carbonyl (C=O) groups excluding carboxylic acids is 1. The van der Waals surface area contributed by atoms with Gasteiger partial charge in [-0.3, -0.25) is 9.69 Å². The van der Waals surface area contributed by atoms with E-state index in [1.165, 1.54) is 32.8 Å². The average Bonchev–Trinajstić information content (AvgIpc) is 3.09. The summed E-state index contributed by atoms with van der Waals surface area (Å²) in [5.74, 6) is 0.0295. The van der Waals surface area contributed by atoms with Crippen LogP contribution in [-0.2, 0) is 14.3 Å². The Morgan fingerprint density at radius 2 is 2.05 bits per heavy atom. The molecule has 0 amide bonds. The molecule has 2 saturated heterocycles. The Morgan fingerprint density at radius 1 is 1.26 bits per heavy atom. The van der Waals surface area contributed by atoms with Gasteiger partial charge in [0.15, 0.2) is 0 Å². The van der Waals surface area contributed by atoms with Gasteiger partial charge in [0.1, 0.15) is 0 Å². The number of hydrogen-bond acceptors (Lipinski definition) is 4. The van der Waals surface area contributed by atoms with E-state index in [1.807, 2.05) is 0 Å². The van der Waals surface area contributed by atoms with Crippen molar-refractivity contribution in [3.63, 3.8) is 0 Å². The maximum Gasteiger partial charge on any atom is 0.309 e. The Hall–Kier alpha value is -0.610. The number of nitrogens with zero attached hydrogens (tertiary/aromatic N) is 1. The topological polar surface area (TPSA) is 38.8 Å². The molecule has 0 bridgehead atoms. The van der Waals surface area contributed by atoms with E-state index < -0.39 is 0 Å². The lowest BCUT2D eigenvalue weighted by Gasteiger charge is -2.42. The molecule has 2 atom stereocenters. The lowest BCUT2D eigenvalue weighted by molar-refractivity contribution is -0.148. The van der Waals surface area contributed by atoms with Gasteiger partial charge in [-0.1, -0.05) is 12.8 Å². The third-order valence-electron chi connectivity index (χ3n) is 5.27. The summed E-state index contributed by atoms with van der Waals surface area (Å²) in [6.07, 6.45) is 8.22. The SMILES string of the molecule is COC(=O)C1CCCN(C2CCOC23CCCC3)C1. The molecule has 4 heteroatoms. The van der Waals surface area contributed by atoms with Gasteiger partial charge >= 0.3 is 5.97 Å². The van der Waals surface area contributed by atoms with E-state index in [1.54, 1.807) is 0 Å². The van der Waals surface area contributed by atoms with Gasteiger partial charge in [-0.2, -0.15) is 0 Å². The van der Waals surface area contributed by atoms with Crippen LogP contribution < -0.4 is 0 Å². The summed E-state index contributed by atoms with van der Waals surface area (Å²) >= 11 is 0. The molecule has 108 valence electrons. The summed E-state index contributed by atoms with van der Waals surface area (Å²) < 4.78 is 11.1. The van der Waals surface area contributed by atoms with E-state index in [4.69, 9.17) is 9.47 Å². The van der Waals surface area contributed by atoms with Crippen molar-refractivity contribution in [1.29, 1.82) is 0 Å². The number of hydrogen-bond donors (Lipinski definition) is 0. The maximum atomic E-state index is 11.8. The minimum atomic E-state index is -0.0379. The number of methoxy groups -OCH3 is 1. The second kappa shape index (κ2) is 5.41. The maximum absolute atomic E-state index is 11.8. The molecule has 2 aliphatic heterocycles. The van der Waals surface area contributed by atoms with Crippen LogP contribution in [-0.4, -0.2) is 49.3 Å². The molecule has 19 heavy (non-hydrogen) atoms. The van der Waals surface area contributed by atoms with E-state index >= 15 is 0 Å². The Balaban J connectivity index is 1.69. The highest BCUT2D eigenvalue weighted by atomic mass is 16.5. The smallest absolute Gasteiger partial charge is 0.309 e. The first-order valence-corrected chi connectivity index (χ1v) is 7.71. The van der Waals surface area contributed by atoms with Crippen molar-refractivity contribution in [3.8, 4) is 0 Å². The molecule has 1 aliphatic carbocycles. The van der Waals surface area contributed by atoms with Crippen molar-refractivity contribution in [2.45, 2.75) is 56.6 Å². The third-order valence-corrected chi connectivity index (χ3v) is 5.27. The fraction of sp³-hybridized carbons (Fsp3) is 0.933. The molecule has 1 spiro atoms. The molecule has 2 heterocycles. The van der Waals surface area contributed by atoms with Crippen molar-refractivity contribution >= 4 is 5.97 Å². The Labute approximate surface area is 115 Å². The van der Waals surface area contributed by atoms with E-state index in [9.17, 15) is 4.79 Å². The summed E-state index contributed by atoms with van der Waals surface area (Å²) in [4.78, 5) is 14.3. The third kappa shape index (κ3) is 2.40. The van der Waals surface area contributed by atoms with Crippen LogP contribution in [0.5, 0.6) is 0 Å². The first kappa shape index (κ1) is 13.4. The predicted molar refractivity (Wildman–Crippen MR) is 71.9 cm³/mol. The van der Waals surface area contributed by atoms with E-state index in [2.05, 4.69) is 4.90 Å². The molecule has 0 radical (unpaired) electrons. The Morgan fingerprint density at radius 3 is 2.79 bits per heavy atom. The quantitative estimate of drug-likeness (QED) is 0.717. The Kier molecular flexibility index (Phi) is 3.81. The molecular formula is C15H25NO3. The number of ether oxygens (including phenoxy) is 2. The van der Waals surface area contributed by atoms with Crippen LogP contribution in [0.1, 0.15) is 44.9 Å². The monoisotopic (exact) mass is 267 g/mol. The molecule has 1 saturated carbocycles. The van der Waals surface area contributed by atoms with Gasteiger partial charge < -0.3 is 9.47 Å². The van der Waals surface area contributed by atoms with Crippen molar-refractivity contribution in [2.75, 3.05) is 26.8 Å². The van der Waals surface area contributed by atoms with Crippen LogP contribution in [0.25, 0.3) is 0 Å². The van der Waals surface area contributed by atoms with Gasteiger partial charge in [-0.15, -0.1) is 0 Å². The zero-order valence-corrected chi connectivity index (χ0v) is 11.9. The van der Waals surface area contributed by atoms with Gasteiger partial charge in [0, 0.05) is 19.2 Å². The van der Waals surface area contributed by atoms with Crippen LogP contribution in [0.15, 0.2) is 0 Å². The lowest BCUT2D eigenvalue weighted by atomic mass is 9.88. The lowest BCUT2D eigenvalue weighted by Crippen LogP contribution is -2.52. The van der Waals surface area contributed by atoms with Crippen LogP contribution in [0, 0.1) is 5.92 Å². The molecule has 0 aromatic carbocycles. The van der Waals surface area contributed by atoms with Crippen molar-refractivity contribution < 1.29 is 14.3 Å². The van der Waals surface area contributed by atoms with Crippen molar-refractivity contribution in [2.24, 2.45) is 5.92 Å². The summed E-state index contributed by atoms with van der Waals surface area (Å²) in [6.45, 7) is 2.87. The van der Waals surface area contributed by atoms with Crippen molar-refractivity contribution in [3.05, 3.63) is 0 Å². The summed E-state index contributed by atoms with van der Waals surface area (Å²) in [6, 6.07) is 0.530. The number of likely N-dealkylation sites (tertiary alicyclic amines) is 1. The molecule has 0 aromatic heterocycles. The molecule has 2 unspecified atom stereocenters. The van der Waals surface area contributed by atoms with Gasteiger partial charge in [0.25, 0.3) is 0 Å². The largest absolute Gasteiger partial charge is 0.469 e. The molecule has 0 aromatic rings.